The van der Waals surface area contributed by atoms with Crippen LogP contribution in [0.1, 0.15) is 23.3 Å². The molecule has 0 aliphatic rings. The minimum atomic E-state index is 0.108. The molecule has 0 aliphatic carbocycles. The summed E-state index contributed by atoms with van der Waals surface area (Å²) in [6, 6.07) is 17.1. The maximum Gasteiger partial charge on any atom is 0.0492 e. The van der Waals surface area contributed by atoms with E-state index in [1.807, 2.05) is 11.8 Å². The topological polar surface area (TPSA) is 26.0 Å². The molecular formula is C16H18BrNS. The van der Waals surface area contributed by atoms with E-state index in [1.165, 1.54) is 16.0 Å². The second-order valence-electron chi connectivity index (χ2n) is 4.76. The molecule has 0 saturated heterocycles. The van der Waals surface area contributed by atoms with Crippen LogP contribution >= 0.6 is 27.7 Å². The molecule has 2 atom stereocenters. The zero-order valence-electron chi connectivity index (χ0n) is 11.1. The highest BCUT2D eigenvalue weighted by atomic mass is 79.9. The Hall–Kier alpha value is -0.770. The van der Waals surface area contributed by atoms with Gasteiger partial charge in [0.2, 0.25) is 0 Å². The molecule has 0 radical (unpaired) electrons. The summed E-state index contributed by atoms with van der Waals surface area (Å²) in [7, 11) is 0. The standard InChI is InChI=1S/C16H18BrNS/c1-11-3-5-13(6-4-11)16(12(2)18)19-15-9-7-14(17)8-10-15/h3-10,12,16H,18H2,1-2H3. The van der Waals surface area contributed by atoms with E-state index in [9.17, 15) is 0 Å². The van der Waals surface area contributed by atoms with E-state index in [-0.39, 0.29) is 11.3 Å². The lowest BCUT2D eigenvalue weighted by Crippen LogP contribution is -2.22. The number of rotatable bonds is 4. The molecule has 100 valence electrons. The molecule has 0 saturated carbocycles. The van der Waals surface area contributed by atoms with Gasteiger partial charge >= 0.3 is 0 Å². The molecule has 2 N–H and O–H groups in total. The number of benzene rings is 2. The summed E-state index contributed by atoms with van der Waals surface area (Å²) in [4.78, 5) is 1.24. The van der Waals surface area contributed by atoms with Crippen molar-refractivity contribution in [2.75, 3.05) is 0 Å². The van der Waals surface area contributed by atoms with Crippen LogP contribution in [-0.2, 0) is 0 Å². The number of nitrogens with two attached hydrogens (primary N) is 1. The Morgan fingerprint density at radius 3 is 2.11 bits per heavy atom. The fourth-order valence-corrected chi connectivity index (χ4v) is 3.25. The van der Waals surface area contributed by atoms with Crippen molar-refractivity contribution in [3.63, 3.8) is 0 Å². The summed E-state index contributed by atoms with van der Waals surface area (Å²) in [6.45, 7) is 4.17. The van der Waals surface area contributed by atoms with Crippen LogP contribution in [0.5, 0.6) is 0 Å². The zero-order valence-corrected chi connectivity index (χ0v) is 13.5. The lowest BCUT2D eigenvalue weighted by Gasteiger charge is -2.21. The smallest absolute Gasteiger partial charge is 0.0492 e. The second kappa shape index (κ2) is 6.60. The lowest BCUT2D eigenvalue weighted by molar-refractivity contribution is 0.721. The van der Waals surface area contributed by atoms with Gasteiger partial charge in [-0.2, -0.15) is 0 Å². The van der Waals surface area contributed by atoms with E-state index in [4.69, 9.17) is 5.73 Å². The summed E-state index contributed by atoms with van der Waals surface area (Å²) in [5.74, 6) is 0. The number of hydrogen-bond donors (Lipinski definition) is 1. The molecule has 2 aromatic rings. The van der Waals surface area contributed by atoms with Crippen LogP contribution in [0.3, 0.4) is 0 Å². The van der Waals surface area contributed by atoms with Crippen LogP contribution in [0.4, 0.5) is 0 Å². The maximum absolute atomic E-state index is 6.15. The number of hydrogen-bond acceptors (Lipinski definition) is 2. The van der Waals surface area contributed by atoms with Crippen molar-refractivity contribution in [1.82, 2.24) is 0 Å². The van der Waals surface area contributed by atoms with Crippen LogP contribution < -0.4 is 5.73 Å². The van der Waals surface area contributed by atoms with E-state index < -0.39 is 0 Å². The van der Waals surface area contributed by atoms with Crippen molar-refractivity contribution in [1.29, 1.82) is 0 Å². The van der Waals surface area contributed by atoms with Gasteiger partial charge in [0.25, 0.3) is 0 Å². The van der Waals surface area contributed by atoms with Gasteiger partial charge in [0.1, 0.15) is 0 Å². The first-order valence-corrected chi connectivity index (χ1v) is 7.98. The first-order valence-electron chi connectivity index (χ1n) is 6.30. The normalized spacial score (nSPS) is 14.1. The van der Waals surface area contributed by atoms with Crippen LogP contribution in [0.15, 0.2) is 57.9 Å². The number of halogens is 1. The molecule has 3 heteroatoms. The summed E-state index contributed by atoms with van der Waals surface area (Å²) in [5, 5.41) is 0.279. The number of thioether (sulfide) groups is 1. The molecule has 0 aliphatic heterocycles. The first kappa shape index (κ1) is 14.6. The molecular weight excluding hydrogens is 318 g/mol. The summed E-state index contributed by atoms with van der Waals surface area (Å²) < 4.78 is 1.10. The van der Waals surface area contributed by atoms with Crippen molar-refractivity contribution in [2.24, 2.45) is 5.73 Å². The Balaban J connectivity index is 2.21. The van der Waals surface area contributed by atoms with Gasteiger partial charge in [-0.15, -0.1) is 11.8 Å². The molecule has 0 amide bonds. The maximum atomic E-state index is 6.15. The van der Waals surface area contributed by atoms with Crippen LogP contribution in [-0.4, -0.2) is 6.04 Å². The highest BCUT2D eigenvalue weighted by molar-refractivity contribution is 9.10. The third-order valence-corrected chi connectivity index (χ3v) is 4.99. The molecule has 0 spiro atoms. The molecule has 2 unspecified atom stereocenters. The van der Waals surface area contributed by atoms with Gasteiger partial charge in [0, 0.05) is 20.7 Å². The first-order chi connectivity index (χ1) is 9.06. The number of aryl methyl sites for hydroxylation is 1. The van der Waals surface area contributed by atoms with Crippen LogP contribution in [0, 0.1) is 6.92 Å². The third-order valence-electron chi connectivity index (χ3n) is 2.96. The predicted octanol–water partition coefficient (Wildman–Crippen LogP) is 4.94. The second-order valence-corrected chi connectivity index (χ2v) is 6.89. The minimum Gasteiger partial charge on any atom is -0.327 e. The molecule has 2 aromatic carbocycles. The molecule has 1 nitrogen and oxygen atoms in total. The van der Waals surface area contributed by atoms with E-state index >= 15 is 0 Å². The lowest BCUT2D eigenvalue weighted by atomic mass is 10.1. The van der Waals surface area contributed by atoms with Gasteiger partial charge < -0.3 is 5.73 Å². The van der Waals surface area contributed by atoms with Crippen molar-refractivity contribution in [3.8, 4) is 0 Å². The fraction of sp³-hybridized carbons (Fsp3) is 0.250. The Labute approximate surface area is 127 Å². The van der Waals surface area contributed by atoms with Crippen molar-refractivity contribution < 1.29 is 0 Å². The minimum absolute atomic E-state index is 0.108. The van der Waals surface area contributed by atoms with Gasteiger partial charge in [-0.1, -0.05) is 45.8 Å². The summed E-state index contributed by atoms with van der Waals surface area (Å²) in [6.07, 6.45) is 0. The van der Waals surface area contributed by atoms with Gasteiger partial charge in [-0.3, -0.25) is 0 Å². The molecule has 0 fully saturated rings. The van der Waals surface area contributed by atoms with Gasteiger partial charge in [0.05, 0.1) is 0 Å². The molecule has 19 heavy (non-hydrogen) atoms. The Kier molecular flexibility index (Phi) is 5.08. The van der Waals surface area contributed by atoms with Crippen molar-refractivity contribution in [3.05, 3.63) is 64.1 Å². The average molecular weight is 336 g/mol. The van der Waals surface area contributed by atoms with Crippen molar-refractivity contribution in [2.45, 2.75) is 30.0 Å². The van der Waals surface area contributed by atoms with E-state index in [1.54, 1.807) is 0 Å². The van der Waals surface area contributed by atoms with Crippen LogP contribution in [0.25, 0.3) is 0 Å². The predicted molar refractivity (Wildman–Crippen MR) is 87.6 cm³/mol. The van der Waals surface area contributed by atoms with Crippen molar-refractivity contribution >= 4 is 27.7 Å². The Morgan fingerprint density at radius 1 is 1.00 bits per heavy atom. The molecule has 0 heterocycles. The fourth-order valence-electron chi connectivity index (χ4n) is 1.89. The Morgan fingerprint density at radius 2 is 1.58 bits per heavy atom. The third kappa shape index (κ3) is 4.10. The monoisotopic (exact) mass is 335 g/mol. The molecule has 0 aromatic heterocycles. The van der Waals surface area contributed by atoms with E-state index in [2.05, 4.69) is 78.3 Å². The van der Waals surface area contributed by atoms with E-state index in [0.29, 0.717) is 0 Å². The largest absolute Gasteiger partial charge is 0.327 e. The average Bonchev–Trinajstić information content (AvgIpc) is 2.39. The molecule has 0 bridgehead atoms. The van der Waals surface area contributed by atoms with Gasteiger partial charge in [0.15, 0.2) is 0 Å². The summed E-state index contributed by atoms with van der Waals surface area (Å²) >= 11 is 5.28. The van der Waals surface area contributed by atoms with Gasteiger partial charge in [-0.25, -0.2) is 0 Å². The highest BCUT2D eigenvalue weighted by Gasteiger charge is 2.17. The van der Waals surface area contributed by atoms with Crippen LogP contribution in [0.2, 0.25) is 0 Å². The van der Waals surface area contributed by atoms with E-state index in [0.717, 1.165) is 4.47 Å². The SMILES string of the molecule is Cc1ccc(C(Sc2ccc(Br)cc2)C(C)N)cc1. The zero-order chi connectivity index (χ0) is 13.8. The molecule has 2 rings (SSSR count). The Bertz CT molecular complexity index is 519. The highest BCUT2D eigenvalue weighted by Crippen LogP contribution is 2.37. The summed E-state index contributed by atoms with van der Waals surface area (Å²) in [5.41, 5.74) is 8.72. The van der Waals surface area contributed by atoms with Gasteiger partial charge in [-0.05, 0) is 43.7 Å². The quantitative estimate of drug-likeness (QED) is 0.801.